The van der Waals surface area contributed by atoms with Gasteiger partial charge in [-0.25, -0.2) is 0 Å². The molecular weight excluding hydrogens is 268 g/mol. The Morgan fingerprint density at radius 1 is 1.19 bits per heavy atom. The first-order chi connectivity index (χ1) is 10.3. The Bertz CT molecular complexity index is 420. The molecule has 5 N–H and O–H groups in total. The van der Waals surface area contributed by atoms with Crippen molar-refractivity contribution >= 4 is 17.6 Å². The van der Waals surface area contributed by atoms with E-state index in [1.807, 2.05) is 0 Å². The first-order valence-electron chi connectivity index (χ1n) is 7.63. The van der Waals surface area contributed by atoms with E-state index in [4.69, 9.17) is 10.5 Å². The van der Waals surface area contributed by atoms with E-state index >= 15 is 0 Å². The lowest BCUT2D eigenvalue weighted by Gasteiger charge is -2.25. The quantitative estimate of drug-likeness (QED) is 0.721. The van der Waals surface area contributed by atoms with E-state index < -0.39 is 0 Å². The van der Waals surface area contributed by atoms with Crippen LogP contribution in [0.25, 0.3) is 0 Å². The summed E-state index contributed by atoms with van der Waals surface area (Å²) in [6.07, 6.45) is 3.65. The summed E-state index contributed by atoms with van der Waals surface area (Å²) >= 11 is 0. The normalized spacial score (nSPS) is 15.5. The van der Waals surface area contributed by atoms with Crippen molar-refractivity contribution in [3.63, 3.8) is 0 Å². The number of hydrogen-bond acceptors (Lipinski definition) is 7. The molecule has 3 rings (SSSR count). The predicted molar refractivity (Wildman–Crippen MR) is 88.0 cm³/mol. The molecule has 1 fully saturated rings. The molecule has 0 radical (unpaired) electrons. The number of rotatable bonds is 1. The Kier molecular flexibility index (Phi) is 7.60. The van der Waals surface area contributed by atoms with Gasteiger partial charge in [0.2, 0.25) is 11.7 Å². The number of ether oxygens (including phenoxy) is 1. The molecule has 0 unspecified atom stereocenters. The Morgan fingerprint density at radius 2 is 1.81 bits per heavy atom. The fourth-order valence-electron chi connectivity index (χ4n) is 2.17. The van der Waals surface area contributed by atoms with E-state index in [0.717, 1.165) is 37.0 Å². The fourth-order valence-corrected chi connectivity index (χ4v) is 2.17. The number of hydrogen-bond donors (Lipinski definition) is 3. The van der Waals surface area contributed by atoms with Crippen LogP contribution in [0.1, 0.15) is 33.1 Å². The highest BCUT2D eigenvalue weighted by Gasteiger charge is 2.24. The van der Waals surface area contributed by atoms with Gasteiger partial charge in [0.15, 0.2) is 11.6 Å². The molecule has 7 heteroatoms. The zero-order chi connectivity index (χ0) is 15.7. The molecule has 1 aromatic rings. The third-order valence-corrected chi connectivity index (χ3v) is 2.91. The van der Waals surface area contributed by atoms with Crippen LogP contribution in [0.5, 0.6) is 5.75 Å². The number of nitrogens with zero attached hydrogens (tertiary/aromatic N) is 3. The van der Waals surface area contributed by atoms with Crippen LogP contribution in [-0.4, -0.2) is 43.3 Å². The molecule has 7 nitrogen and oxygen atoms in total. The monoisotopic (exact) mass is 296 g/mol. The van der Waals surface area contributed by atoms with Crippen molar-refractivity contribution in [3.8, 4) is 5.75 Å². The fraction of sp³-hybridized carbons (Fsp3) is 0.714. The maximum atomic E-state index is 5.71. The third-order valence-electron chi connectivity index (χ3n) is 2.91. The van der Waals surface area contributed by atoms with Gasteiger partial charge in [-0.2, -0.15) is 9.97 Å². The lowest BCUT2D eigenvalue weighted by molar-refractivity contribution is 0.320. The van der Waals surface area contributed by atoms with Gasteiger partial charge in [0.1, 0.15) is 6.61 Å². The number of fused-ring (bicyclic) bond motifs is 1. The van der Waals surface area contributed by atoms with Gasteiger partial charge in [0.25, 0.3) is 0 Å². The van der Waals surface area contributed by atoms with Crippen molar-refractivity contribution in [3.05, 3.63) is 0 Å². The van der Waals surface area contributed by atoms with Gasteiger partial charge in [0.05, 0.1) is 6.54 Å². The Labute approximate surface area is 127 Å². The number of nitrogens with two attached hydrogens (primary N) is 2. The van der Waals surface area contributed by atoms with Crippen LogP contribution in [0.15, 0.2) is 0 Å². The Morgan fingerprint density at radius 3 is 2.43 bits per heavy atom. The second kappa shape index (κ2) is 9.23. The topological polar surface area (TPSA) is 102 Å². The van der Waals surface area contributed by atoms with Crippen LogP contribution < -0.4 is 26.4 Å². The van der Waals surface area contributed by atoms with E-state index in [9.17, 15) is 0 Å². The van der Waals surface area contributed by atoms with Crippen LogP contribution in [0.3, 0.4) is 0 Å². The standard InChI is InChI=1S/C10H15N5O.C3H8.CH5N/c11-10-13-8-7(16-6-3-12-8)9(14-10)15-4-1-2-5-15;1-3-2;1-2/h1-6H2,(H3,11,12,13,14);3H2,1-2H3;2H2,1H3. The second-order valence-electron chi connectivity index (χ2n) is 4.76. The molecule has 1 aromatic heterocycles. The molecule has 0 aromatic carbocycles. The lowest BCUT2D eigenvalue weighted by Crippen LogP contribution is -2.26. The van der Waals surface area contributed by atoms with Crippen molar-refractivity contribution in [1.29, 1.82) is 0 Å². The molecule has 0 bridgehead atoms. The van der Waals surface area contributed by atoms with Crippen LogP contribution in [0.4, 0.5) is 17.6 Å². The van der Waals surface area contributed by atoms with Gasteiger partial charge in [-0.15, -0.1) is 0 Å². The first-order valence-corrected chi connectivity index (χ1v) is 7.63. The molecular formula is C14H28N6O. The van der Waals surface area contributed by atoms with Crippen LogP contribution in [0, 0.1) is 0 Å². The highest BCUT2D eigenvalue weighted by Crippen LogP contribution is 2.36. The number of aromatic nitrogens is 2. The zero-order valence-corrected chi connectivity index (χ0v) is 13.4. The van der Waals surface area contributed by atoms with Crippen molar-refractivity contribution in [2.24, 2.45) is 5.73 Å². The molecule has 3 heterocycles. The summed E-state index contributed by atoms with van der Waals surface area (Å²) in [7, 11) is 1.50. The van der Waals surface area contributed by atoms with Crippen molar-refractivity contribution in [1.82, 2.24) is 9.97 Å². The summed E-state index contributed by atoms with van der Waals surface area (Å²) in [5.74, 6) is 2.62. The van der Waals surface area contributed by atoms with E-state index in [1.54, 1.807) is 0 Å². The van der Waals surface area contributed by atoms with Crippen molar-refractivity contribution in [2.75, 3.05) is 49.2 Å². The molecule has 0 spiro atoms. The molecule has 0 amide bonds. The number of nitrogens with one attached hydrogen (secondary N) is 1. The minimum atomic E-state index is 0.304. The lowest BCUT2D eigenvalue weighted by atomic mass is 10.4. The predicted octanol–water partition coefficient (Wildman–Crippen LogP) is 1.45. The highest BCUT2D eigenvalue weighted by atomic mass is 16.5. The average molecular weight is 296 g/mol. The summed E-state index contributed by atoms with van der Waals surface area (Å²) in [6.45, 7) is 7.71. The average Bonchev–Trinajstić information content (AvgIpc) is 3.03. The SMILES string of the molecule is CCC.CN.Nc1nc2c(c(N3CCCC3)n1)OCCN2. The van der Waals surface area contributed by atoms with E-state index in [2.05, 4.69) is 39.8 Å². The van der Waals surface area contributed by atoms with Gasteiger partial charge < -0.3 is 26.4 Å². The maximum absolute atomic E-state index is 5.71. The van der Waals surface area contributed by atoms with Gasteiger partial charge >= 0.3 is 0 Å². The highest BCUT2D eigenvalue weighted by molar-refractivity contribution is 5.68. The molecule has 1 saturated heterocycles. The van der Waals surface area contributed by atoms with Gasteiger partial charge in [-0.1, -0.05) is 20.3 Å². The summed E-state index contributed by atoms with van der Waals surface area (Å²) in [6, 6.07) is 0. The summed E-state index contributed by atoms with van der Waals surface area (Å²) < 4.78 is 5.64. The van der Waals surface area contributed by atoms with Gasteiger partial charge in [0, 0.05) is 13.1 Å². The molecule has 2 aliphatic heterocycles. The van der Waals surface area contributed by atoms with E-state index in [-0.39, 0.29) is 0 Å². The smallest absolute Gasteiger partial charge is 0.224 e. The van der Waals surface area contributed by atoms with E-state index in [1.165, 1.54) is 26.3 Å². The van der Waals surface area contributed by atoms with Crippen LogP contribution in [-0.2, 0) is 0 Å². The molecule has 2 aliphatic rings. The minimum Gasteiger partial charge on any atom is -0.485 e. The Hall–Kier alpha value is -1.76. The number of nitrogen functional groups attached to an aromatic ring is 1. The third kappa shape index (κ3) is 4.63. The maximum Gasteiger partial charge on any atom is 0.224 e. The van der Waals surface area contributed by atoms with Crippen LogP contribution in [0.2, 0.25) is 0 Å². The summed E-state index contributed by atoms with van der Waals surface area (Å²) in [5.41, 5.74) is 10.2. The largest absolute Gasteiger partial charge is 0.485 e. The van der Waals surface area contributed by atoms with Gasteiger partial charge in [-0.05, 0) is 19.9 Å². The second-order valence-corrected chi connectivity index (χ2v) is 4.76. The van der Waals surface area contributed by atoms with Gasteiger partial charge in [-0.3, -0.25) is 0 Å². The molecule has 0 aliphatic carbocycles. The summed E-state index contributed by atoms with van der Waals surface area (Å²) in [5, 5.41) is 3.18. The first kappa shape index (κ1) is 17.3. The van der Waals surface area contributed by atoms with Crippen LogP contribution >= 0.6 is 0 Å². The Balaban J connectivity index is 0.000000395. The number of anilines is 3. The molecule has 0 saturated carbocycles. The van der Waals surface area contributed by atoms with Crippen molar-refractivity contribution < 1.29 is 4.74 Å². The summed E-state index contributed by atoms with van der Waals surface area (Å²) in [4.78, 5) is 10.7. The molecule has 21 heavy (non-hydrogen) atoms. The van der Waals surface area contributed by atoms with Crippen molar-refractivity contribution in [2.45, 2.75) is 33.1 Å². The minimum absolute atomic E-state index is 0.304. The zero-order valence-electron chi connectivity index (χ0n) is 13.4. The van der Waals surface area contributed by atoms with E-state index in [0.29, 0.717) is 12.6 Å². The molecule has 120 valence electrons. The molecule has 0 atom stereocenters.